The van der Waals surface area contributed by atoms with E-state index in [1.54, 1.807) is 0 Å². The highest BCUT2D eigenvalue weighted by molar-refractivity contribution is 7.91. The van der Waals surface area contributed by atoms with Crippen LogP contribution in [-0.4, -0.2) is 31.6 Å². The normalized spacial score (nSPS) is 53.6. The van der Waals surface area contributed by atoms with E-state index in [0.29, 0.717) is 47.7 Å². The molecule has 1 saturated heterocycles. The molecule has 0 unspecified atom stereocenters. The fourth-order valence-electron chi connectivity index (χ4n) is 3.99. The summed E-state index contributed by atoms with van der Waals surface area (Å²) in [5.74, 6) is 3.44. The summed E-state index contributed by atoms with van der Waals surface area (Å²) in [7, 11) is -2.71. The molecule has 3 aliphatic rings. The van der Waals surface area contributed by atoms with Gasteiger partial charge in [0.2, 0.25) is 0 Å². The number of rotatable bonds is 1. The lowest BCUT2D eigenvalue weighted by Gasteiger charge is -2.44. The van der Waals surface area contributed by atoms with Crippen molar-refractivity contribution in [2.75, 3.05) is 18.1 Å². The van der Waals surface area contributed by atoms with E-state index in [1.807, 2.05) is 0 Å². The van der Waals surface area contributed by atoms with E-state index in [0.717, 1.165) is 12.8 Å². The SMILES string of the molecule is O=S1(=O)C[C@H]2[C@H]3CC(CO)C[C@@H]3[C@@H]2C1. The monoisotopic (exact) mass is 216 g/mol. The minimum absolute atomic E-state index is 0.291. The van der Waals surface area contributed by atoms with E-state index >= 15 is 0 Å². The molecule has 14 heavy (non-hydrogen) atoms. The van der Waals surface area contributed by atoms with Crippen LogP contribution in [0.3, 0.4) is 0 Å². The molecule has 2 aliphatic carbocycles. The topological polar surface area (TPSA) is 54.4 Å². The Morgan fingerprint density at radius 3 is 1.93 bits per heavy atom. The van der Waals surface area contributed by atoms with Gasteiger partial charge in [0.25, 0.3) is 0 Å². The van der Waals surface area contributed by atoms with Crippen LogP contribution in [0.25, 0.3) is 0 Å². The molecule has 3 rings (SSSR count). The Morgan fingerprint density at radius 1 is 1.00 bits per heavy atom. The lowest BCUT2D eigenvalue weighted by atomic mass is 9.60. The Labute approximate surface area is 84.4 Å². The van der Waals surface area contributed by atoms with Gasteiger partial charge < -0.3 is 5.11 Å². The van der Waals surface area contributed by atoms with Crippen LogP contribution in [0.5, 0.6) is 0 Å². The van der Waals surface area contributed by atoms with Gasteiger partial charge in [-0.2, -0.15) is 0 Å². The number of hydrogen-bond donors (Lipinski definition) is 1. The summed E-state index contributed by atoms with van der Waals surface area (Å²) in [6, 6.07) is 0. The maximum atomic E-state index is 11.4. The molecule has 0 aromatic heterocycles. The average molecular weight is 216 g/mol. The standard InChI is InChI=1S/C10H16O3S/c11-3-6-1-7-8(2-6)10-5-14(12,13)4-9(7)10/h6-11H,1-5H2/t7-,8-,9-,10-/m0/s1. The zero-order chi connectivity index (χ0) is 9.92. The summed E-state index contributed by atoms with van der Waals surface area (Å²) in [5, 5.41) is 9.08. The lowest BCUT2D eigenvalue weighted by Crippen LogP contribution is -2.42. The molecule has 0 radical (unpaired) electrons. The molecular formula is C10H16O3S. The van der Waals surface area contributed by atoms with E-state index in [4.69, 9.17) is 5.11 Å². The number of fused-ring (bicyclic) bond motifs is 4. The fraction of sp³-hybridized carbons (Fsp3) is 1.00. The van der Waals surface area contributed by atoms with Crippen molar-refractivity contribution < 1.29 is 13.5 Å². The van der Waals surface area contributed by atoms with Gasteiger partial charge in [-0.25, -0.2) is 8.42 Å². The molecule has 1 N–H and O–H groups in total. The minimum atomic E-state index is -2.71. The van der Waals surface area contributed by atoms with Gasteiger partial charge in [0, 0.05) is 6.61 Å². The molecule has 1 aliphatic heterocycles. The smallest absolute Gasteiger partial charge is 0.150 e. The van der Waals surface area contributed by atoms with Gasteiger partial charge in [-0.1, -0.05) is 0 Å². The average Bonchev–Trinajstić information content (AvgIpc) is 2.62. The predicted octanol–water partition coefficient (Wildman–Crippen LogP) is 0.295. The highest BCUT2D eigenvalue weighted by atomic mass is 32.2. The molecule has 0 amide bonds. The highest BCUT2D eigenvalue weighted by Crippen LogP contribution is 2.60. The van der Waals surface area contributed by atoms with Gasteiger partial charge in [0.1, 0.15) is 0 Å². The molecular weight excluding hydrogens is 200 g/mol. The van der Waals surface area contributed by atoms with Gasteiger partial charge >= 0.3 is 0 Å². The van der Waals surface area contributed by atoms with Crippen molar-refractivity contribution in [1.29, 1.82) is 0 Å². The first-order valence-corrected chi connectivity index (χ1v) is 7.24. The number of hydrogen-bond acceptors (Lipinski definition) is 3. The summed E-state index contributed by atoms with van der Waals surface area (Å²) in [4.78, 5) is 0. The molecule has 2 saturated carbocycles. The van der Waals surface area contributed by atoms with Gasteiger partial charge in [-0.15, -0.1) is 0 Å². The number of sulfone groups is 1. The second-order valence-corrected chi connectivity index (χ2v) is 7.41. The minimum Gasteiger partial charge on any atom is -0.396 e. The molecule has 3 nitrogen and oxygen atoms in total. The Morgan fingerprint density at radius 2 is 1.50 bits per heavy atom. The van der Waals surface area contributed by atoms with Crippen LogP contribution in [0.4, 0.5) is 0 Å². The molecule has 4 heteroatoms. The Hall–Kier alpha value is -0.0900. The first-order chi connectivity index (χ1) is 6.61. The molecule has 4 atom stereocenters. The van der Waals surface area contributed by atoms with Crippen LogP contribution in [-0.2, 0) is 9.84 Å². The van der Waals surface area contributed by atoms with Crippen molar-refractivity contribution in [1.82, 2.24) is 0 Å². The van der Waals surface area contributed by atoms with Crippen molar-refractivity contribution in [3.63, 3.8) is 0 Å². The zero-order valence-corrected chi connectivity index (χ0v) is 8.91. The van der Waals surface area contributed by atoms with Crippen LogP contribution in [0.15, 0.2) is 0 Å². The van der Waals surface area contributed by atoms with E-state index in [9.17, 15) is 8.42 Å². The highest BCUT2D eigenvalue weighted by Gasteiger charge is 2.59. The summed E-state index contributed by atoms with van der Waals surface area (Å²) < 4.78 is 22.8. The van der Waals surface area contributed by atoms with Gasteiger partial charge in [0.15, 0.2) is 9.84 Å². The Kier molecular flexibility index (Phi) is 1.78. The van der Waals surface area contributed by atoms with Crippen LogP contribution in [0.2, 0.25) is 0 Å². The van der Waals surface area contributed by atoms with Crippen LogP contribution >= 0.6 is 0 Å². The molecule has 80 valence electrons. The number of aliphatic hydroxyl groups excluding tert-OH is 1. The van der Waals surface area contributed by atoms with Gasteiger partial charge in [-0.3, -0.25) is 0 Å². The molecule has 3 fully saturated rings. The van der Waals surface area contributed by atoms with Crippen LogP contribution in [0.1, 0.15) is 12.8 Å². The van der Waals surface area contributed by atoms with E-state index in [-0.39, 0.29) is 0 Å². The quantitative estimate of drug-likeness (QED) is 0.685. The predicted molar refractivity (Wildman–Crippen MR) is 52.4 cm³/mol. The summed E-state index contributed by atoms with van der Waals surface area (Å²) in [6.45, 7) is 0.291. The van der Waals surface area contributed by atoms with Crippen molar-refractivity contribution in [3.8, 4) is 0 Å². The van der Waals surface area contributed by atoms with Crippen molar-refractivity contribution in [3.05, 3.63) is 0 Å². The Bertz CT molecular complexity index is 322. The second kappa shape index (κ2) is 2.73. The molecule has 0 aromatic rings. The fourth-order valence-corrected chi connectivity index (χ4v) is 6.29. The van der Waals surface area contributed by atoms with Crippen LogP contribution < -0.4 is 0 Å². The number of aliphatic hydroxyl groups is 1. The third kappa shape index (κ3) is 1.10. The van der Waals surface area contributed by atoms with Gasteiger partial charge in [0.05, 0.1) is 11.5 Å². The van der Waals surface area contributed by atoms with E-state index < -0.39 is 9.84 Å². The lowest BCUT2D eigenvalue weighted by molar-refractivity contribution is 0.0462. The maximum Gasteiger partial charge on any atom is 0.150 e. The van der Waals surface area contributed by atoms with E-state index in [2.05, 4.69) is 0 Å². The summed E-state index contributed by atoms with van der Waals surface area (Å²) in [5.41, 5.74) is 0. The van der Waals surface area contributed by atoms with Crippen molar-refractivity contribution in [2.45, 2.75) is 12.8 Å². The molecule has 1 heterocycles. The van der Waals surface area contributed by atoms with Crippen LogP contribution in [0, 0.1) is 29.6 Å². The second-order valence-electron chi connectivity index (χ2n) is 5.25. The van der Waals surface area contributed by atoms with Gasteiger partial charge in [-0.05, 0) is 42.4 Å². The van der Waals surface area contributed by atoms with Crippen molar-refractivity contribution in [2.24, 2.45) is 29.6 Å². The third-order valence-corrected chi connectivity index (χ3v) is 6.35. The van der Waals surface area contributed by atoms with Crippen molar-refractivity contribution >= 4 is 9.84 Å². The molecule has 0 spiro atoms. The largest absolute Gasteiger partial charge is 0.396 e. The molecule has 0 bridgehead atoms. The third-order valence-electron chi connectivity index (χ3n) is 4.56. The summed E-state index contributed by atoms with van der Waals surface area (Å²) in [6.07, 6.45) is 2.13. The first kappa shape index (κ1) is 9.16. The zero-order valence-electron chi connectivity index (χ0n) is 8.09. The Balaban J connectivity index is 1.78. The first-order valence-electron chi connectivity index (χ1n) is 5.42. The molecule has 0 aromatic carbocycles. The van der Waals surface area contributed by atoms with E-state index in [1.165, 1.54) is 0 Å². The summed E-state index contributed by atoms with van der Waals surface area (Å²) >= 11 is 0. The maximum absolute atomic E-state index is 11.4.